The molecule has 1 aromatic carbocycles. The van der Waals surface area contributed by atoms with Crippen LogP contribution in [0.3, 0.4) is 0 Å². The Balaban J connectivity index is 2.03. The zero-order valence-corrected chi connectivity index (χ0v) is 10.8. The second-order valence-corrected chi connectivity index (χ2v) is 4.63. The largest absolute Gasteiger partial charge is 0.508 e. The third-order valence-electron chi connectivity index (χ3n) is 2.99. The maximum absolute atomic E-state index is 9.45. The molecular formula is C15H14N2O2. The van der Waals surface area contributed by atoms with E-state index in [2.05, 4.69) is 4.98 Å². The normalized spacial score (nSPS) is 10.8. The Morgan fingerprint density at radius 2 is 1.95 bits per heavy atom. The number of anilines is 1. The quantitative estimate of drug-likeness (QED) is 0.762. The fourth-order valence-electron chi connectivity index (χ4n) is 1.97. The van der Waals surface area contributed by atoms with Crippen LogP contribution in [-0.2, 0) is 0 Å². The van der Waals surface area contributed by atoms with E-state index in [9.17, 15) is 5.11 Å². The number of phenolic OH excluding ortho intramolecular Hbond substituents is 1. The van der Waals surface area contributed by atoms with Gasteiger partial charge in [-0.2, -0.15) is 0 Å². The Labute approximate surface area is 110 Å². The molecule has 0 aliphatic heterocycles. The van der Waals surface area contributed by atoms with Crippen LogP contribution in [0.2, 0.25) is 0 Å². The highest BCUT2D eigenvalue weighted by atomic mass is 16.3. The van der Waals surface area contributed by atoms with Gasteiger partial charge in [0.15, 0.2) is 0 Å². The Bertz CT molecular complexity index is 715. The summed E-state index contributed by atoms with van der Waals surface area (Å²) < 4.78 is 5.74. The zero-order valence-electron chi connectivity index (χ0n) is 10.8. The number of hydrogen-bond acceptors (Lipinski definition) is 4. The van der Waals surface area contributed by atoms with Crippen molar-refractivity contribution in [1.29, 1.82) is 0 Å². The molecule has 0 saturated carbocycles. The molecule has 0 atom stereocenters. The summed E-state index contributed by atoms with van der Waals surface area (Å²) in [5.41, 5.74) is 1.67. The van der Waals surface area contributed by atoms with Crippen LogP contribution in [0, 0.1) is 0 Å². The molecule has 96 valence electrons. The van der Waals surface area contributed by atoms with Gasteiger partial charge < -0.3 is 14.4 Å². The second-order valence-electron chi connectivity index (χ2n) is 4.63. The highest BCUT2D eigenvalue weighted by Gasteiger charge is 2.07. The number of fused-ring (bicyclic) bond motifs is 1. The van der Waals surface area contributed by atoms with Gasteiger partial charge in [-0.15, -0.1) is 0 Å². The molecule has 4 nitrogen and oxygen atoms in total. The van der Waals surface area contributed by atoms with E-state index in [1.165, 1.54) is 0 Å². The molecule has 3 rings (SSSR count). The highest BCUT2D eigenvalue weighted by Crippen LogP contribution is 2.29. The van der Waals surface area contributed by atoms with E-state index in [-0.39, 0.29) is 5.75 Å². The van der Waals surface area contributed by atoms with Gasteiger partial charge in [-0.3, -0.25) is 0 Å². The maximum Gasteiger partial charge on any atom is 0.136 e. The van der Waals surface area contributed by atoms with E-state index in [1.807, 2.05) is 37.2 Å². The number of aromatic hydroxyl groups is 1. The van der Waals surface area contributed by atoms with Crippen molar-refractivity contribution >= 4 is 16.8 Å². The van der Waals surface area contributed by atoms with E-state index in [0.717, 1.165) is 28.1 Å². The number of hydrogen-bond donors (Lipinski definition) is 1. The first-order valence-corrected chi connectivity index (χ1v) is 6.00. The lowest BCUT2D eigenvalue weighted by molar-refractivity contribution is 0.476. The first kappa shape index (κ1) is 11.6. The van der Waals surface area contributed by atoms with Crippen molar-refractivity contribution < 1.29 is 9.52 Å². The lowest BCUT2D eigenvalue weighted by atomic mass is 10.2. The van der Waals surface area contributed by atoms with E-state index in [4.69, 9.17) is 4.42 Å². The van der Waals surface area contributed by atoms with Crippen molar-refractivity contribution in [2.24, 2.45) is 0 Å². The number of furan rings is 1. The standard InChI is InChI=1S/C15H14N2O2/c1-17(2)15-6-3-10(9-16-15)14-8-11-7-12(18)4-5-13(11)19-14/h3-9,18H,1-2H3. The van der Waals surface area contributed by atoms with Gasteiger partial charge in [0.1, 0.15) is 22.9 Å². The number of benzene rings is 1. The van der Waals surface area contributed by atoms with E-state index in [1.54, 1.807) is 24.4 Å². The van der Waals surface area contributed by atoms with Crippen LogP contribution in [0.4, 0.5) is 5.82 Å². The molecular weight excluding hydrogens is 240 g/mol. The first-order valence-electron chi connectivity index (χ1n) is 6.00. The van der Waals surface area contributed by atoms with Crippen LogP contribution >= 0.6 is 0 Å². The summed E-state index contributed by atoms with van der Waals surface area (Å²) in [6, 6.07) is 10.9. The van der Waals surface area contributed by atoms with Gasteiger partial charge in [0, 0.05) is 31.2 Å². The molecule has 1 N–H and O–H groups in total. The molecule has 0 unspecified atom stereocenters. The minimum atomic E-state index is 0.237. The van der Waals surface area contributed by atoms with Crippen LogP contribution in [0.1, 0.15) is 0 Å². The number of pyridine rings is 1. The van der Waals surface area contributed by atoms with Crippen LogP contribution < -0.4 is 4.90 Å². The van der Waals surface area contributed by atoms with Gasteiger partial charge in [0.05, 0.1) is 0 Å². The minimum Gasteiger partial charge on any atom is -0.508 e. The molecule has 0 aliphatic carbocycles. The monoisotopic (exact) mass is 254 g/mol. The topological polar surface area (TPSA) is 49.5 Å². The molecule has 2 aromatic heterocycles. The molecule has 0 saturated heterocycles. The molecule has 0 radical (unpaired) electrons. The van der Waals surface area contributed by atoms with Gasteiger partial charge in [-0.05, 0) is 36.4 Å². The average Bonchev–Trinajstić information content (AvgIpc) is 2.81. The van der Waals surface area contributed by atoms with E-state index >= 15 is 0 Å². The van der Waals surface area contributed by atoms with Gasteiger partial charge in [-0.25, -0.2) is 4.98 Å². The first-order chi connectivity index (χ1) is 9.13. The molecule has 0 fully saturated rings. The van der Waals surface area contributed by atoms with Crippen molar-refractivity contribution in [3.05, 3.63) is 42.6 Å². The molecule has 0 aliphatic rings. The molecule has 0 bridgehead atoms. The number of aromatic nitrogens is 1. The van der Waals surface area contributed by atoms with Crippen molar-refractivity contribution in [1.82, 2.24) is 4.98 Å². The third-order valence-corrected chi connectivity index (χ3v) is 2.99. The van der Waals surface area contributed by atoms with Crippen molar-refractivity contribution in [3.8, 4) is 17.1 Å². The predicted molar refractivity (Wildman–Crippen MR) is 75.4 cm³/mol. The summed E-state index contributed by atoms with van der Waals surface area (Å²) in [7, 11) is 3.90. The van der Waals surface area contributed by atoms with Crippen LogP contribution in [0.5, 0.6) is 5.75 Å². The van der Waals surface area contributed by atoms with Crippen molar-refractivity contribution in [2.75, 3.05) is 19.0 Å². The molecule has 19 heavy (non-hydrogen) atoms. The Kier molecular flexibility index (Phi) is 2.63. The smallest absolute Gasteiger partial charge is 0.136 e. The minimum absolute atomic E-state index is 0.237. The lowest BCUT2D eigenvalue weighted by Gasteiger charge is -2.10. The Morgan fingerprint density at radius 3 is 2.63 bits per heavy atom. The molecule has 2 heterocycles. The summed E-state index contributed by atoms with van der Waals surface area (Å²) >= 11 is 0. The summed E-state index contributed by atoms with van der Waals surface area (Å²) in [5, 5.41) is 10.3. The maximum atomic E-state index is 9.45. The Hall–Kier alpha value is -2.49. The van der Waals surface area contributed by atoms with E-state index < -0.39 is 0 Å². The van der Waals surface area contributed by atoms with Crippen LogP contribution in [-0.4, -0.2) is 24.2 Å². The van der Waals surface area contributed by atoms with E-state index in [0.29, 0.717) is 0 Å². The molecule has 0 spiro atoms. The summed E-state index contributed by atoms with van der Waals surface area (Å²) in [6.07, 6.45) is 1.78. The van der Waals surface area contributed by atoms with Gasteiger partial charge in [-0.1, -0.05) is 0 Å². The Morgan fingerprint density at radius 1 is 1.11 bits per heavy atom. The van der Waals surface area contributed by atoms with Crippen molar-refractivity contribution in [3.63, 3.8) is 0 Å². The van der Waals surface area contributed by atoms with Crippen LogP contribution in [0.15, 0.2) is 47.0 Å². The average molecular weight is 254 g/mol. The summed E-state index contributed by atoms with van der Waals surface area (Å²) in [6.45, 7) is 0. The second kappa shape index (κ2) is 4.31. The van der Waals surface area contributed by atoms with Gasteiger partial charge >= 0.3 is 0 Å². The molecule has 3 aromatic rings. The zero-order chi connectivity index (χ0) is 13.4. The fraction of sp³-hybridized carbons (Fsp3) is 0.133. The number of phenols is 1. The van der Waals surface area contributed by atoms with Gasteiger partial charge in [0.2, 0.25) is 0 Å². The van der Waals surface area contributed by atoms with Crippen molar-refractivity contribution in [2.45, 2.75) is 0 Å². The van der Waals surface area contributed by atoms with Crippen LogP contribution in [0.25, 0.3) is 22.3 Å². The molecule has 4 heteroatoms. The fourth-order valence-corrected chi connectivity index (χ4v) is 1.97. The summed E-state index contributed by atoms with van der Waals surface area (Å²) in [4.78, 5) is 6.30. The number of nitrogens with zero attached hydrogens (tertiary/aromatic N) is 2. The lowest BCUT2D eigenvalue weighted by Crippen LogP contribution is -2.09. The SMILES string of the molecule is CN(C)c1ccc(-c2cc3cc(O)ccc3o2)cn1. The molecule has 0 amide bonds. The third kappa shape index (κ3) is 2.12. The number of rotatable bonds is 2. The summed E-state index contributed by atoms with van der Waals surface area (Å²) in [5.74, 6) is 1.89. The highest BCUT2D eigenvalue weighted by molar-refractivity contribution is 5.83. The predicted octanol–water partition coefficient (Wildman–Crippen LogP) is 3.27. The van der Waals surface area contributed by atoms with Gasteiger partial charge in [0.25, 0.3) is 0 Å².